The molecule has 0 saturated heterocycles. The van der Waals surface area contributed by atoms with Crippen LogP contribution in [-0.4, -0.2) is 10.8 Å². The minimum Gasteiger partial charge on any atom is -0.293 e. The summed E-state index contributed by atoms with van der Waals surface area (Å²) in [6, 6.07) is 0. The number of ketones is 1. The summed E-state index contributed by atoms with van der Waals surface area (Å²) >= 11 is 1.63. The van der Waals surface area contributed by atoms with Crippen LogP contribution in [0.3, 0.4) is 0 Å². The van der Waals surface area contributed by atoms with E-state index in [1.54, 1.807) is 11.3 Å². The molecule has 0 aromatic carbocycles. The molecule has 0 N–H and O–H groups in total. The minimum absolute atomic E-state index is 0.309. The van der Waals surface area contributed by atoms with Crippen molar-refractivity contribution in [1.29, 1.82) is 0 Å². The topological polar surface area (TPSA) is 30.0 Å². The maximum absolute atomic E-state index is 11.6. The Morgan fingerprint density at radius 2 is 2.27 bits per heavy atom. The molecule has 0 radical (unpaired) electrons. The molecule has 1 atom stereocenters. The predicted molar refractivity (Wildman–Crippen MR) is 62.7 cm³/mol. The number of carbonyl (C=O) groups is 1. The summed E-state index contributed by atoms with van der Waals surface area (Å²) in [6.07, 6.45) is 5.05. The Balaban J connectivity index is 2.25. The summed E-state index contributed by atoms with van der Waals surface area (Å²) in [5.74, 6) is 0.821. The first-order chi connectivity index (χ1) is 7.22. The number of nitrogens with zero attached hydrogens (tertiary/aromatic N) is 1. The lowest BCUT2D eigenvalue weighted by Crippen LogP contribution is -2.07. The van der Waals surface area contributed by atoms with Gasteiger partial charge in [-0.05, 0) is 19.3 Å². The zero-order valence-corrected chi connectivity index (χ0v) is 10.2. The number of rotatable bonds is 3. The average molecular weight is 223 g/mol. The number of aromatic nitrogens is 1. The van der Waals surface area contributed by atoms with E-state index in [0.717, 1.165) is 34.8 Å². The second-order valence-electron chi connectivity index (χ2n) is 4.29. The molecule has 0 saturated carbocycles. The molecule has 0 spiro atoms. The van der Waals surface area contributed by atoms with Crippen molar-refractivity contribution in [2.75, 3.05) is 0 Å². The highest BCUT2D eigenvalue weighted by atomic mass is 32.1. The zero-order valence-electron chi connectivity index (χ0n) is 9.38. The normalized spacial score (nSPS) is 17.6. The summed E-state index contributed by atoms with van der Waals surface area (Å²) in [7, 11) is 0. The molecule has 2 nitrogen and oxygen atoms in total. The smallest absolute Gasteiger partial charge is 0.174 e. The van der Waals surface area contributed by atoms with E-state index in [2.05, 4.69) is 18.8 Å². The first kappa shape index (κ1) is 10.8. The monoisotopic (exact) mass is 223 g/mol. The van der Waals surface area contributed by atoms with E-state index in [4.69, 9.17) is 0 Å². The Bertz CT molecular complexity index is 370. The van der Waals surface area contributed by atoms with Crippen LogP contribution in [0.4, 0.5) is 0 Å². The summed E-state index contributed by atoms with van der Waals surface area (Å²) in [5, 5.41) is 1.16. The average Bonchev–Trinajstić information content (AvgIpc) is 2.63. The number of aryl methyl sites for hydroxylation is 1. The highest BCUT2D eigenvalue weighted by Crippen LogP contribution is 2.32. The van der Waals surface area contributed by atoms with Gasteiger partial charge in [0.1, 0.15) is 0 Å². The van der Waals surface area contributed by atoms with Crippen molar-refractivity contribution in [3.05, 3.63) is 15.6 Å². The van der Waals surface area contributed by atoms with Crippen LogP contribution in [0.25, 0.3) is 0 Å². The van der Waals surface area contributed by atoms with Gasteiger partial charge in [-0.25, -0.2) is 4.98 Å². The molecule has 82 valence electrons. The molecule has 1 heterocycles. The fraction of sp³-hybridized carbons (Fsp3) is 0.667. The molecule has 1 aromatic heterocycles. The number of fused-ring (bicyclic) bond motifs is 1. The molecule has 1 aromatic rings. The van der Waals surface area contributed by atoms with E-state index >= 15 is 0 Å². The van der Waals surface area contributed by atoms with E-state index in [-0.39, 0.29) is 0 Å². The molecule has 0 fully saturated rings. The summed E-state index contributed by atoms with van der Waals surface area (Å²) in [6.45, 7) is 4.40. The summed E-state index contributed by atoms with van der Waals surface area (Å²) in [4.78, 5) is 17.2. The predicted octanol–water partition coefficient (Wildman–Crippen LogP) is 3.57. The van der Waals surface area contributed by atoms with Crippen LogP contribution in [0, 0.1) is 0 Å². The van der Waals surface area contributed by atoms with Crippen molar-refractivity contribution < 1.29 is 4.79 Å². The van der Waals surface area contributed by atoms with Gasteiger partial charge in [-0.2, -0.15) is 0 Å². The van der Waals surface area contributed by atoms with Gasteiger partial charge in [0.25, 0.3) is 0 Å². The molecule has 2 rings (SSSR count). The van der Waals surface area contributed by atoms with E-state index in [1.165, 1.54) is 12.8 Å². The van der Waals surface area contributed by atoms with E-state index in [0.29, 0.717) is 11.7 Å². The molecule has 3 heteroatoms. The number of hydrogen-bond donors (Lipinski definition) is 0. The zero-order chi connectivity index (χ0) is 10.8. The molecular weight excluding hydrogens is 206 g/mol. The second kappa shape index (κ2) is 4.44. The third kappa shape index (κ3) is 2.12. The SMILES string of the molecule is CCCC(C)c1nc2c(s1)C(=O)CCC2. The Hall–Kier alpha value is -0.700. The van der Waals surface area contributed by atoms with Crippen LogP contribution < -0.4 is 0 Å². The Morgan fingerprint density at radius 3 is 2.93 bits per heavy atom. The van der Waals surface area contributed by atoms with Crippen LogP contribution in [-0.2, 0) is 6.42 Å². The van der Waals surface area contributed by atoms with Crippen molar-refractivity contribution in [2.45, 2.75) is 51.9 Å². The van der Waals surface area contributed by atoms with Crippen molar-refractivity contribution in [2.24, 2.45) is 0 Å². The molecular formula is C12H17NOS. The number of Topliss-reactive ketones (excluding diaryl/α,β-unsaturated/α-hetero) is 1. The van der Waals surface area contributed by atoms with Crippen LogP contribution in [0.5, 0.6) is 0 Å². The van der Waals surface area contributed by atoms with Crippen molar-refractivity contribution >= 4 is 17.1 Å². The molecule has 1 aliphatic carbocycles. The third-order valence-corrected chi connectivity index (χ3v) is 4.30. The number of carbonyl (C=O) groups excluding carboxylic acids is 1. The summed E-state index contributed by atoms with van der Waals surface area (Å²) < 4.78 is 0. The van der Waals surface area contributed by atoms with Gasteiger partial charge in [0, 0.05) is 12.3 Å². The molecule has 1 aliphatic rings. The van der Waals surface area contributed by atoms with Gasteiger partial charge >= 0.3 is 0 Å². The van der Waals surface area contributed by atoms with Crippen LogP contribution in [0.15, 0.2) is 0 Å². The first-order valence-corrected chi connectivity index (χ1v) is 6.56. The lowest BCUT2D eigenvalue weighted by Gasteiger charge is -2.06. The van der Waals surface area contributed by atoms with Crippen molar-refractivity contribution in [1.82, 2.24) is 4.98 Å². The van der Waals surface area contributed by atoms with Gasteiger partial charge < -0.3 is 0 Å². The Morgan fingerprint density at radius 1 is 1.47 bits per heavy atom. The van der Waals surface area contributed by atoms with Crippen LogP contribution in [0.2, 0.25) is 0 Å². The van der Waals surface area contributed by atoms with Gasteiger partial charge in [-0.1, -0.05) is 20.3 Å². The summed E-state index contributed by atoms with van der Waals surface area (Å²) in [5.41, 5.74) is 1.06. The Kier molecular flexibility index (Phi) is 3.19. The molecule has 0 aliphatic heterocycles. The number of thiazole rings is 1. The van der Waals surface area contributed by atoms with Gasteiger partial charge in [0.15, 0.2) is 5.78 Å². The lowest BCUT2D eigenvalue weighted by molar-refractivity contribution is 0.0976. The van der Waals surface area contributed by atoms with Crippen molar-refractivity contribution in [3.8, 4) is 0 Å². The van der Waals surface area contributed by atoms with Crippen LogP contribution in [0.1, 0.15) is 65.8 Å². The van der Waals surface area contributed by atoms with Crippen LogP contribution >= 0.6 is 11.3 Å². The third-order valence-electron chi connectivity index (χ3n) is 2.93. The van der Waals surface area contributed by atoms with E-state index < -0.39 is 0 Å². The molecule has 0 amide bonds. The second-order valence-corrected chi connectivity index (χ2v) is 5.33. The van der Waals surface area contributed by atoms with E-state index in [9.17, 15) is 4.79 Å². The highest BCUT2D eigenvalue weighted by molar-refractivity contribution is 7.14. The van der Waals surface area contributed by atoms with Gasteiger partial charge in [0.05, 0.1) is 15.6 Å². The highest BCUT2D eigenvalue weighted by Gasteiger charge is 2.23. The van der Waals surface area contributed by atoms with Gasteiger partial charge in [-0.15, -0.1) is 11.3 Å². The minimum atomic E-state index is 0.309. The quantitative estimate of drug-likeness (QED) is 0.784. The van der Waals surface area contributed by atoms with Crippen molar-refractivity contribution in [3.63, 3.8) is 0 Å². The van der Waals surface area contributed by atoms with E-state index in [1.807, 2.05) is 0 Å². The fourth-order valence-electron chi connectivity index (χ4n) is 2.05. The maximum atomic E-state index is 11.6. The van der Waals surface area contributed by atoms with Gasteiger partial charge in [0.2, 0.25) is 0 Å². The largest absolute Gasteiger partial charge is 0.293 e. The maximum Gasteiger partial charge on any atom is 0.174 e. The Labute approximate surface area is 94.7 Å². The van der Waals surface area contributed by atoms with Gasteiger partial charge in [-0.3, -0.25) is 4.79 Å². The standard InChI is InChI=1S/C12H17NOS/c1-3-5-8(2)12-13-9-6-4-7-10(14)11(9)15-12/h8H,3-7H2,1-2H3. The molecule has 0 bridgehead atoms. The first-order valence-electron chi connectivity index (χ1n) is 5.75. The lowest BCUT2D eigenvalue weighted by atomic mass is 10.0. The molecule has 15 heavy (non-hydrogen) atoms. The molecule has 1 unspecified atom stereocenters. The fourth-order valence-corrected chi connectivity index (χ4v) is 3.22. The number of hydrogen-bond acceptors (Lipinski definition) is 3.